The number of aromatic amines is 1. The summed E-state index contributed by atoms with van der Waals surface area (Å²) in [6.45, 7) is 0. The molecule has 0 fully saturated rings. The predicted octanol–water partition coefficient (Wildman–Crippen LogP) is 6.44. The molecule has 4 aromatic carbocycles. The highest BCUT2D eigenvalue weighted by Crippen LogP contribution is 2.39. The number of aromatic nitrogens is 1. The van der Waals surface area contributed by atoms with Gasteiger partial charge in [0.25, 0.3) is 0 Å². The fourth-order valence-corrected chi connectivity index (χ4v) is 3.90. The van der Waals surface area contributed by atoms with Gasteiger partial charge in [-0.05, 0) is 46.2 Å². The molecule has 0 spiro atoms. The van der Waals surface area contributed by atoms with E-state index >= 15 is 0 Å². The molecular weight excluding hydrogens is 358 g/mol. The number of hydrogen-bond acceptors (Lipinski definition) is 2. The number of fused-ring (bicyclic) bond motifs is 2. The third kappa shape index (κ3) is 2.97. The molecule has 0 aliphatic rings. The van der Waals surface area contributed by atoms with E-state index in [1.54, 1.807) is 6.07 Å². The van der Waals surface area contributed by atoms with Crippen molar-refractivity contribution in [2.75, 3.05) is 7.11 Å². The molecule has 0 saturated carbocycles. The minimum atomic E-state index is -0.334. The van der Waals surface area contributed by atoms with Crippen LogP contribution in [0.1, 0.15) is 10.4 Å². The van der Waals surface area contributed by atoms with Crippen LogP contribution in [0, 0.1) is 0 Å². The van der Waals surface area contributed by atoms with Crippen LogP contribution in [0.15, 0.2) is 91.0 Å². The van der Waals surface area contributed by atoms with E-state index < -0.39 is 0 Å². The fourth-order valence-electron chi connectivity index (χ4n) is 3.90. The summed E-state index contributed by atoms with van der Waals surface area (Å²) < 4.78 is 4.93. The van der Waals surface area contributed by atoms with Gasteiger partial charge >= 0.3 is 5.97 Å². The average Bonchev–Trinajstić information content (AvgIpc) is 3.17. The van der Waals surface area contributed by atoms with Gasteiger partial charge < -0.3 is 9.72 Å². The minimum absolute atomic E-state index is 0.334. The highest BCUT2D eigenvalue weighted by Gasteiger charge is 2.17. The van der Waals surface area contributed by atoms with Crippen molar-refractivity contribution < 1.29 is 9.53 Å². The first kappa shape index (κ1) is 17.3. The monoisotopic (exact) mass is 377 g/mol. The summed E-state index contributed by atoms with van der Waals surface area (Å²) in [5.74, 6) is -0.334. The molecule has 0 atom stereocenters. The van der Waals surface area contributed by atoms with Gasteiger partial charge in [0.15, 0.2) is 0 Å². The second-order valence-electron chi connectivity index (χ2n) is 7.05. The van der Waals surface area contributed by atoms with Gasteiger partial charge in [-0.15, -0.1) is 0 Å². The number of carbonyl (C=O) groups excluding carboxylic acids is 1. The Kier molecular flexibility index (Phi) is 4.14. The highest BCUT2D eigenvalue weighted by molar-refractivity contribution is 6.07. The molecule has 0 unspecified atom stereocenters. The van der Waals surface area contributed by atoms with Crippen molar-refractivity contribution >= 4 is 27.6 Å². The zero-order chi connectivity index (χ0) is 19.8. The molecule has 0 bridgehead atoms. The number of H-pyrrole nitrogens is 1. The Morgan fingerprint density at radius 1 is 0.759 bits per heavy atom. The summed E-state index contributed by atoms with van der Waals surface area (Å²) in [7, 11) is 1.41. The number of ether oxygens (including phenoxy) is 1. The molecule has 140 valence electrons. The number of esters is 1. The Morgan fingerprint density at radius 2 is 1.52 bits per heavy atom. The molecule has 1 heterocycles. The summed E-state index contributed by atoms with van der Waals surface area (Å²) in [4.78, 5) is 15.7. The lowest BCUT2D eigenvalue weighted by Gasteiger charge is -2.08. The first-order valence-electron chi connectivity index (χ1n) is 9.53. The Morgan fingerprint density at radius 3 is 2.31 bits per heavy atom. The first-order valence-corrected chi connectivity index (χ1v) is 9.53. The zero-order valence-electron chi connectivity index (χ0n) is 16.0. The van der Waals surface area contributed by atoms with Crippen molar-refractivity contribution in [3.8, 4) is 22.4 Å². The van der Waals surface area contributed by atoms with Crippen LogP contribution in [0.4, 0.5) is 0 Å². The normalized spacial score (nSPS) is 11.1. The van der Waals surface area contributed by atoms with E-state index in [-0.39, 0.29) is 5.97 Å². The van der Waals surface area contributed by atoms with Crippen LogP contribution in [0.3, 0.4) is 0 Å². The van der Waals surface area contributed by atoms with Crippen molar-refractivity contribution in [2.45, 2.75) is 0 Å². The van der Waals surface area contributed by atoms with E-state index in [0.29, 0.717) is 5.56 Å². The van der Waals surface area contributed by atoms with Crippen LogP contribution in [-0.2, 0) is 4.74 Å². The molecule has 0 radical (unpaired) electrons. The van der Waals surface area contributed by atoms with Gasteiger partial charge in [0.2, 0.25) is 0 Å². The zero-order valence-corrected chi connectivity index (χ0v) is 16.0. The average molecular weight is 377 g/mol. The van der Waals surface area contributed by atoms with Gasteiger partial charge in [-0.1, -0.05) is 66.7 Å². The molecule has 3 nitrogen and oxygen atoms in total. The standard InChI is InChI=1S/C26H19NO2/c1-29-26(28)21-13-14-23-22(16-21)24(25(27-23)18-8-3-2-4-9-18)20-12-11-17-7-5-6-10-19(17)15-20/h2-16,27H,1H3. The molecule has 1 N–H and O–H groups in total. The van der Waals surface area contributed by atoms with E-state index in [9.17, 15) is 4.79 Å². The van der Waals surface area contributed by atoms with Gasteiger partial charge in [0, 0.05) is 16.5 Å². The van der Waals surface area contributed by atoms with Crippen molar-refractivity contribution in [2.24, 2.45) is 0 Å². The molecule has 0 saturated heterocycles. The van der Waals surface area contributed by atoms with Crippen molar-refractivity contribution in [1.29, 1.82) is 0 Å². The van der Waals surface area contributed by atoms with E-state index in [4.69, 9.17) is 4.74 Å². The maximum absolute atomic E-state index is 12.1. The number of hydrogen-bond donors (Lipinski definition) is 1. The van der Waals surface area contributed by atoms with Crippen LogP contribution in [0.2, 0.25) is 0 Å². The van der Waals surface area contributed by atoms with Gasteiger partial charge in [-0.3, -0.25) is 0 Å². The number of nitrogens with one attached hydrogen (secondary N) is 1. The summed E-state index contributed by atoms with van der Waals surface area (Å²) in [6, 6.07) is 30.7. The van der Waals surface area contributed by atoms with Crippen LogP contribution >= 0.6 is 0 Å². The number of rotatable bonds is 3. The molecule has 5 aromatic rings. The van der Waals surface area contributed by atoms with Gasteiger partial charge in [0.05, 0.1) is 18.4 Å². The maximum atomic E-state index is 12.1. The van der Waals surface area contributed by atoms with E-state index in [1.807, 2.05) is 36.4 Å². The largest absolute Gasteiger partial charge is 0.465 e. The van der Waals surface area contributed by atoms with E-state index in [1.165, 1.54) is 17.9 Å². The quantitative estimate of drug-likeness (QED) is 0.368. The smallest absolute Gasteiger partial charge is 0.337 e. The lowest BCUT2D eigenvalue weighted by Crippen LogP contribution is -2.00. The van der Waals surface area contributed by atoms with Crippen LogP contribution in [0.25, 0.3) is 44.1 Å². The number of benzene rings is 4. The summed E-state index contributed by atoms with van der Waals surface area (Å²) in [5, 5.41) is 3.39. The van der Waals surface area contributed by atoms with E-state index in [0.717, 1.165) is 33.3 Å². The third-order valence-corrected chi connectivity index (χ3v) is 5.32. The second-order valence-corrected chi connectivity index (χ2v) is 7.05. The number of carbonyl (C=O) groups is 1. The van der Waals surface area contributed by atoms with Gasteiger partial charge in [-0.2, -0.15) is 0 Å². The summed E-state index contributed by atoms with van der Waals surface area (Å²) in [6.07, 6.45) is 0. The highest BCUT2D eigenvalue weighted by atomic mass is 16.5. The molecule has 1 aromatic heterocycles. The maximum Gasteiger partial charge on any atom is 0.337 e. The molecular formula is C26H19NO2. The molecule has 3 heteroatoms. The topological polar surface area (TPSA) is 42.1 Å². The van der Waals surface area contributed by atoms with Gasteiger partial charge in [-0.25, -0.2) is 4.79 Å². The minimum Gasteiger partial charge on any atom is -0.465 e. The predicted molar refractivity (Wildman–Crippen MR) is 118 cm³/mol. The summed E-state index contributed by atoms with van der Waals surface area (Å²) in [5.41, 5.74) is 5.86. The lowest BCUT2D eigenvalue weighted by molar-refractivity contribution is 0.0601. The van der Waals surface area contributed by atoms with Gasteiger partial charge in [0.1, 0.15) is 0 Å². The molecule has 29 heavy (non-hydrogen) atoms. The summed E-state index contributed by atoms with van der Waals surface area (Å²) >= 11 is 0. The second kappa shape index (κ2) is 6.95. The van der Waals surface area contributed by atoms with Crippen molar-refractivity contribution in [1.82, 2.24) is 4.98 Å². The Balaban J connectivity index is 1.83. The van der Waals surface area contributed by atoms with Crippen LogP contribution in [-0.4, -0.2) is 18.1 Å². The Labute approximate surface area is 168 Å². The van der Waals surface area contributed by atoms with Crippen molar-refractivity contribution in [3.05, 3.63) is 96.6 Å². The van der Waals surface area contributed by atoms with Crippen LogP contribution < -0.4 is 0 Å². The fraction of sp³-hybridized carbons (Fsp3) is 0.0385. The molecule has 0 amide bonds. The Hall–Kier alpha value is -3.85. The number of methoxy groups -OCH3 is 1. The lowest BCUT2D eigenvalue weighted by atomic mass is 9.95. The molecule has 0 aliphatic heterocycles. The van der Waals surface area contributed by atoms with E-state index in [2.05, 4.69) is 53.5 Å². The van der Waals surface area contributed by atoms with Crippen LogP contribution in [0.5, 0.6) is 0 Å². The Bertz CT molecular complexity index is 1350. The third-order valence-electron chi connectivity index (χ3n) is 5.32. The SMILES string of the molecule is COC(=O)c1ccc2[nH]c(-c3ccccc3)c(-c3ccc4ccccc4c3)c2c1. The molecule has 5 rings (SSSR count). The van der Waals surface area contributed by atoms with Crippen molar-refractivity contribution in [3.63, 3.8) is 0 Å². The first-order chi connectivity index (χ1) is 14.2. The molecule has 0 aliphatic carbocycles.